The van der Waals surface area contributed by atoms with Crippen molar-refractivity contribution in [3.63, 3.8) is 0 Å². The first-order valence-corrected chi connectivity index (χ1v) is 7.56. The van der Waals surface area contributed by atoms with Crippen molar-refractivity contribution < 1.29 is 4.79 Å². The number of halogens is 1. The van der Waals surface area contributed by atoms with Gasteiger partial charge in [0.15, 0.2) is 0 Å². The fourth-order valence-corrected chi connectivity index (χ4v) is 3.10. The quantitative estimate of drug-likeness (QED) is 0.749. The Morgan fingerprint density at radius 1 is 1.22 bits per heavy atom. The zero-order chi connectivity index (χ0) is 13.4. The van der Waals surface area contributed by atoms with Crippen LogP contribution in [0.5, 0.6) is 0 Å². The van der Waals surface area contributed by atoms with E-state index in [0.29, 0.717) is 5.92 Å². The van der Waals surface area contributed by atoms with Gasteiger partial charge in [-0.2, -0.15) is 0 Å². The maximum atomic E-state index is 8.00. The maximum absolute atomic E-state index is 8.00. The van der Waals surface area contributed by atoms with Crippen LogP contribution in [0.15, 0.2) is 46.3 Å². The van der Waals surface area contributed by atoms with E-state index in [9.17, 15) is 0 Å². The van der Waals surface area contributed by atoms with Gasteiger partial charge in [-0.3, -0.25) is 0 Å². The molecule has 1 aromatic carbocycles. The van der Waals surface area contributed by atoms with Gasteiger partial charge in [0.1, 0.15) is 6.79 Å². The summed E-state index contributed by atoms with van der Waals surface area (Å²) in [7, 11) is 0. The topological polar surface area (TPSA) is 17.1 Å². The van der Waals surface area contributed by atoms with Crippen molar-refractivity contribution in [1.82, 2.24) is 0 Å². The summed E-state index contributed by atoms with van der Waals surface area (Å²) in [5.41, 5.74) is 1.42. The molecule has 18 heavy (non-hydrogen) atoms. The lowest BCUT2D eigenvalue weighted by molar-refractivity contribution is -0.0979. The van der Waals surface area contributed by atoms with Gasteiger partial charge in [0.05, 0.1) is 0 Å². The lowest BCUT2D eigenvalue weighted by Gasteiger charge is -2.15. The second-order valence-electron chi connectivity index (χ2n) is 3.91. The van der Waals surface area contributed by atoms with Gasteiger partial charge in [-0.1, -0.05) is 47.5 Å². The third-order valence-electron chi connectivity index (χ3n) is 2.74. The minimum Gasteiger partial charge on any atom is -0.307 e. The van der Waals surface area contributed by atoms with E-state index in [1.54, 1.807) is 0 Å². The average molecular weight is 325 g/mol. The van der Waals surface area contributed by atoms with E-state index in [0.717, 1.165) is 4.47 Å². The molecule has 0 fully saturated rings. The fraction of sp³-hybridized carbons (Fsp3) is 0.267. The molecule has 0 aliphatic heterocycles. The van der Waals surface area contributed by atoms with Crippen LogP contribution in [0.1, 0.15) is 36.1 Å². The molecule has 1 aromatic heterocycles. The monoisotopic (exact) mass is 324 g/mol. The Balaban J connectivity index is 0.000000771. The molecule has 0 N–H and O–H groups in total. The van der Waals surface area contributed by atoms with Gasteiger partial charge >= 0.3 is 0 Å². The van der Waals surface area contributed by atoms with Crippen molar-refractivity contribution in [2.45, 2.75) is 25.7 Å². The summed E-state index contributed by atoms with van der Waals surface area (Å²) >= 11 is 5.34. The van der Waals surface area contributed by atoms with Crippen molar-refractivity contribution in [2.24, 2.45) is 0 Å². The van der Waals surface area contributed by atoms with Crippen LogP contribution in [0.25, 0.3) is 0 Å². The lowest BCUT2D eigenvalue weighted by Crippen LogP contribution is -1.98. The summed E-state index contributed by atoms with van der Waals surface area (Å²) in [5.74, 6) is 0.568. The number of benzene rings is 1. The Kier molecular flexibility index (Phi) is 6.91. The van der Waals surface area contributed by atoms with E-state index in [2.05, 4.69) is 64.6 Å². The van der Waals surface area contributed by atoms with Crippen LogP contribution < -0.4 is 0 Å². The Labute approximate surface area is 121 Å². The Morgan fingerprint density at radius 2 is 1.89 bits per heavy atom. The van der Waals surface area contributed by atoms with Crippen molar-refractivity contribution in [1.29, 1.82) is 0 Å². The number of thiophene rings is 1. The van der Waals surface area contributed by atoms with Crippen LogP contribution in [0.4, 0.5) is 0 Å². The molecule has 0 bridgehead atoms. The lowest BCUT2D eigenvalue weighted by atomic mass is 9.93. The normalized spacial score (nSPS) is 11.4. The molecule has 2 aromatic rings. The van der Waals surface area contributed by atoms with Crippen LogP contribution in [-0.4, -0.2) is 6.79 Å². The third-order valence-corrected chi connectivity index (χ3v) is 4.25. The first kappa shape index (κ1) is 15.1. The summed E-state index contributed by atoms with van der Waals surface area (Å²) in [5, 5.41) is 2.16. The number of carbonyl (C=O) groups excluding carboxylic acids is 1. The molecule has 0 saturated heterocycles. The Hall–Kier alpha value is -0.930. The van der Waals surface area contributed by atoms with Crippen molar-refractivity contribution in [3.05, 3.63) is 56.7 Å². The molecule has 1 heterocycles. The second-order valence-corrected chi connectivity index (χ2v) is 5.80. The van der Waals surface area contributed by atoms with E-state index in [-0.39, 0.29) is 0 Å². The molecule has 1 nitrogen and oxygen atoms in total. The predicted octanol–water partition coefficient (Wildman–Crippen LogP) is 5.26. The summed E-state index contributed by atoms with van der Waals surface area (Å²) < 4.78 is 1.15. The molecule has 0 aliphatic carbocycles. The molecule has 3 heteroatoms. The Bertz CT molecular complexity index is 436. The van der Waals surface area contributed by atoms with Gasteiger partial charge < -0.3 is 4.79 Å². The van der Waals surface area contributed by atoms with E-state index in [1.165, 1.54) is 23.3 Å². The standard InChI is InChI=1S/C14H15BrS.CH2O/c1-2-4-13(14-5-3-10-16-14)11-6-8-12(15)9-7-11;1-2/h3,5-10,13H,2,4H2,1H3;1H2. The smallest absolute Gasteiger partial charge is 0.106 e. The van der Waals surface area contributed by atoms with Crippen LogP contribution in [0.2, 0.25) is 0 Å². The van der Waals surface area contributed by atoms with Crippen LogP contribution in [0, 0.1) is 0 Å². The highest BCUT2D eigenvalue weighted by atomic mass is 79.9. The molecule has 0 spiro atoms. The van der Waals surface area contributed by atoms with Gasteiger partial charge in [0, 0.05) is 15.3 Å². The third kappa shape index (κ3) is 4.07. The molecule has 0 amide bonds. The summed E-state index contributed by atoms with van der Waals surface area (Å²) in [4.78, 5) is 9.48. The van der Waals surface area contributed by atoms with E-state index in [1.807, 2.05) is 18.1 Å². The Morgan fingerprint density at radius 3 is 2.39 bits per heavy atom. The van der Waals surface area contributed by atoms with Crippen LogP contribution >= 0.6 is 27.3 Å². The number of carbonyl (C=O) groups is 1. The van der Waals surface area contributed by atoms with Crippen LogP contribution in [0.3, 0.4) is 0 Å². The van der Waals surface area contributed by atoms with Crippen molar-refractivity contribution in [2.75, 3.05) is 0 Å². The van der Waals surface area contributed by atoms with E-state index >= 15 is 0 Å². The van der Waals surface area contributed by atoms with E-state index < -0.39 is 0 Å². The van der Waals surface area contributed by atoms with Crippen molar-refractivity contribution >= 4 is 34.1 Å². The highest BCUT2D eigenvalue weighted by molar-refractivity contribution is 9.10. The summed E-state index contributed by atoms with van der Waals surface area (Å²) in [6.07, 6.45) is 2.45. The van der Waals surface area contributed by atoms with Gasteiger partial charge in [0.2, 0.25) is 0 Å². The number of hydrogen-bond acceptors (Lipinski definition) is 2. The highest BCUT2D eigenvalue weighted by Crippen LogP contribution is 2.32. The number of rotatable bonds is 4. The van der Waals surface area contributed by atoms with Crippen molar-refractivity contribution in [3.8, 4) is 0 Å². The molecule has 1 atom stereocenters. The minimum atomic E-state index is 0.568. The molecule has 1 unspecified atom stereocenters. The van der Waals surface area contributed by atoms with Gasteiger partial charge in [-0.15, -0.1) is 11.3 Å². The fourth-order valence-electron chi connectivity index (χ4n) is 1.95. The molecular formula is C15H17BrOS. The van der Waals surface area contributed by atoms with Gasteiger partial charge in [-0.05, 0) is 35.6 Å². The zero-order valence-corrected chi connectivity index (χ0v) is 12.8. The largest absolute Gasteiger partial charge is 0.307 e. The molecule has 2 rings (SSSR count). The summed E-state index contributed by atoms with van der Waals surface area (Å²) in [6, 6.07) is 13.1. The first-order valence-electron chi connectivity index (χ1n) is 5.89. The molecule has 0 radical (unpaired) electrons. The predicted molar refractivity (Wildman–Crippen MR) is 82.3 cm³/mol. The van der Waals surface area contributed by atoms with Gasteiger partial charge in [-0.25, -0.2) is 0 Å². The van der Waals surface area contributed by atoms with Crippen LogP contribution in [-0.2, 0) is 4.79 Å². The number of hydrogen-bond donors (Lipinski definition) is 0. The van der Waals surface area contributed by atoms with Gasteiger partial charge in [0.25, 0.3) is 0 Å². The molecule has 96 valence electrons. The van der Waals surface area contributed by atoms with E-state index in [4.69, 9.17) is 4.79 Å². The second kappa shape index (κ2) is 8.22. The minimum absolute atomic E-state index is 0.568. The maximum Gasteiger partial charge on any atom is 0.106 e. The summed E-state index contributed by atoms with van der Waals surface area (Å²) in [6.45, 7) is 4.25. The first-order chi connectivity index (χ1) is 8.81. The highest BCUT2D eigenvalue weighted by Gasteiger charge is 2.13. The average Bonchev–Trinajstić information content (AvgIpc) is 2.93. The molecule has 0 saturated carbocycles. The zero-order valence-electron chi connectivity index (χ0n) is 10.4. The molecule has 0 aliphatic rings. The SMILES string of the molecule is C=O.CCCC(c1ccc(Br)cc1)c1cccs1. The molecular weight excluding hydrogens is 308 g/mol.